The van der Waals surface area contributed by atoms with Crippen LogP contribution in [0.3, 0.4) is 0 Å². The van der Waals surface area contributed by atoms with Crippen LogP contribution in [-0.2, 0) is 21.5 Å². The van der Waals surface area contributed by atoms with Gasteiger partial charge in [-0.15, -0.1) is 0 Å². The van der Waals surface area contributed by atoms with Gasteiger partial charge in [-0.3, -0.25) is 14.5 Å². The van der Waals surface area contributed by atoms with Crippen LogP contribution >= 0.6 is 0 Å². The molecule has 1 saturated carbocycles. The van der Waals surface area contributed by atoms with E-state index in [4.69, 9.17) is 5.73 Å². The number of anilines is 1. The molecule has 0 radical (unpaired) electrons. The smallest absolute Gasteiger partial charge is 0.235 e. The number of nitrogens with one attached hydrogen (secondary N) is 1. The third-order valence-electron chi connectivity index (χ3n) is 6.62. The minimum Gasteiger partial charge on any atom is -0.369 e. The van der Waals surface area contributed by atoms with Crippen LogP contribution in [-0.4, -0.2) is 29.8 Å². The van der Waals surface area contributed by atoms with Crippen LogP contribution in [0.2, 0.25) is 0 Å². The maximum Gasteiger partial charge on any atom is 0.235 e. The molecule has 1 aliphatic carbocycles. The van der Waals surface area contributed by atoms with Gasteiger partial charge in [0.25, 0.3) is 0 Å². The number of likely N-dealkylation sites (tertiary alicyclic amines) is 1. The number of hydrogen-bond donors (Lipinski definition) is 2. The molecule has 0 bridgehead atoms. The summed E-state index contributed by atoms with van der Waals surface area (Å²) in [4.78, 5) is 26.8. The second-order valence-corrected chi connectivity index (χ2v) is 8.55. The zero-order valence-electron chi connectivity index (χ0n) is 17.1. The standard InChI is InChI=1S/C24H28FN3O2/c25-20-7-5-19(6-8-20)24(11-2-12-24)23(30)27-21-4-1-3-17(15-21)16-28-13-9-18(10-14-28)22(26)29/h1,3-8,15,18H,2,9-14,16H2,(H2,26,29)(H,27,30). The molecule has 0 aromatic heterocycles. The van der Waals surface area contributed by atoms with Crippen molar-refractivity contribution in [2.24, 2.45) is 11.7 Å². The van der Waals surface area contributed by atoms with Gasteiger partial charge in [0.15, 0.2) is 0 Å². The minimum absolute atomic E-state index is 0.0167. The van der Waals surface area contributed by atoms with E-state index in [1.54, 1.807) is 12.1 Å². The van der Waals surface area contributed by atoms with E-state index < -0.39 is 5.41 Å². The number of hydrogen-bond acceptors (Lipinski definition) is 3. The number of halogens is 1. The molecule has 2 aromatic carbocycles. The summed E-state index contributed by atoms with van der Waals surface area (Å²) in [6, 6.07) is 14.2. The number of rotatable bonds is 6. The van der Waals surface area contributed by atoms with Gasteiger partial charge in [-0.1, -0.05) is 30.7 Å². The Labute approximate surface area is 176 Å². The molecule has 0 spiro atoms. The number of nitrogens with two attached hydrogens (primary N) is 1. The second-order valence-electron chi connectivity index (χ2n) is 8.55. The Kier molecular flexibility index (Phi) is 5.86. The first kappa shape index (κ1) is 20.5. The van der Waals surface area contributed by atoms with Gasteiger partial charge < -0.3 is 11.1 Å². The van der Waals surface area contributed by atoms with Crippen molar-refractivity contribution in [1.29, 1.82) is 0 Å². The lowest BCUT2D eigenvalue weighted by Crippen LogP contribution is -2.46. The number of piperidine rings is 1. The number of carbonyl (C=O) groups is 2. The normalized spacial score (nSPS) is 19.1. The molecule has 158 valence electrons. The van der Waals surface area contributed by atoms with Gasteiger partial charge in [-0.25, -0.2) is 4.39 Å². The number of nitrogens with zero attached hydrogens (tertiary/aromatic N) is 1. The largest absolute Gasteiger partial charge is 0.369 e. The molecule has 1 heterocycles. The van der Waals surface area contributed by atoms with Gasteiger partial charge in [-0.05, 0) is 74.2 Å². The van der Waals surface area contributed by atoms with Crippen LogP contribution in [0.4, 0.5) is 10.1 Å². The van der Waals surface area contributed by atoms with Crippen molar-refractivity contribution < 1.29 is 14.0 Å². The predicted molar refractivity (Wildman–Crippen MR) is 114 cm³/mol. The van der Waals surface area contributed by atoms with Crippen molar-refractivity contribution in [2.45, 2.75) is 44.1 Å². The van der Waals surface area contributed by atoms with Gasteiger partial charge in [0, 0.05) is 18.2 Å². The molecule has 4 rings (SSSR count). The van der Waals surface area contributed by atoms with Crippen LogP contribution in [0.25, 0.3) is 0 Å². The van der Waals surface area contributed by atoms with Crippen LogP contribution in [0, 0.1) is 11.7 Å². The summed E-state index contributed by atoms with van der Waals surface area (Å²) in [6.45, 7) is 2.47. The highest BCUT2D eigenvalue weighted by Crippen LogP contribution is 2.44. The third kappa shape index (κ3) is 4.24. The number of primary amides is 1. The molecule has 3 N–H and O–H groups in total. The van der Waals surface area contributed by atoms with E-state index in [9.17, 15) is 14.0 Å². The molecular weight excluding hydrogens is 381 g/mol. The molecule has 0 atom stereocenters. The lowest BCUT2D eigenvalue weighted by atomic mass is 9.64. The molecule has 2 aliphatic rings. The molecular formula is C24H28FN3O2. The Morgan fingerprint density at radius 3 is 2.40 bits per heavy atom. The van der Waals surface area contributed by atoms with E-state index in [1.165, 1.54) is 12.1 Å². The van der Waals surface area contributed by atoms with Crippen LogP contribution in [0.1, 0.15) is 43.2 Å². The van der Waals surface area contributed by atoms with Crippen molar-refractivity contribution in [3.05, 3.63) is 65.5 Å². The minimum atomic E-state index is -0.569. The van der Waals surface area contributed by atoms with Crippen LogP contribution in [0.5, 0.6) is 0 Å². The SMILES string of the molecule is NC(=O)C1CCN(Cc2cccc(NC(=O)C3(c4ccc(F)cc4)CCC3)c2)CC1. The maximum atomic E-state index is 13.3. The lowest BCUT2D eigenvalue weighted by Gasteiger charge is -2.40. The Hall–Kier alpha value is -2.73. The summed E-state index contributed by atoms with van der Waals surface area (Å²) >= 11 is 0. The monoisotopic (exact) mass is 409 g/mol. The number of benzene rings is 2. The first-order chi connectivity index (χ1) is 14.5. The number of amides is 2. The van der Waals surface area contributed by atoms with Gasteiger partial charge in [0.2, 0.25) is 11.8 Å². The molecule has 5 nitrogen and oxygen atoms in total. The fraction of sp³-hybridized carbons (Fsp3) is 0.417. The van der Waals surface area contributed by atoms with Crippen molar-refractivity contribution in [2.75, 3.05) is 18.4 Å². The Morgan fingerprint density at radius 1 is 1.10 bits per heavy atom. The molecule has 0 unspecified atom stereocenters. The van der Waals surface area contributed by atoms with E-state index in [0.29, 0.717) is 0 Å². The van der Waals surface area contributed by atoms with Crippen LogP contribution in [0.15, 0.2) is 48.5 Å². The highest BCUT2D eigenvalue weighted by Gasteiger charge is 2.45. The predicted octanol–water partition coefficient (Wildman–Crippen LogP) is 3.58. The average Bonchev–Trinajstić information content (AvgIpc) is 2.69. The molecule has 6 heteroatoms. The zero-order valence-corrected chi connectivity index (χ0v) is 17.1. The molecule has 2 fully saturated rings. The fourth-order valence-corrected chi connectivity index (χ4v) is 4.58. The quantitative estimate of drug-likeness (QED) is 0.766. The van der Waals surface area contributed by atoms with Gasteiger partial charge in [-0.2, -0.15) is 0 Å². The molecule has 1 aliphatic heterocycles. The zero-order chi connectivity index (χ0) is 21.1. The summed E-state index contributed by atoms with van der Waals surface area (Å²) < 4.78 is 13.3. The highest BCUT2D eigenvalue weighted by atomic mass is 19.1. The van der Waals surface area contributed by atoms with Crippen molar-refractivity contribution in [3.8, 4) is 0 Å². The lowest BCUT2D eigenvalue weighted by molar-refractivity contribution is -0.124. The third-order valence-corrected chi connectivity index (χ3v) is 6.62. The van der Waals surface area contributed by atoms with E-state index in [0.717, 1.165) is 68.6 Å². The Bertz CT molecular complexity index is 916. The molecule has 30 heavy (non-hydrogen) atoms. The Balaban J connectivity index is 1.41. The van der Waals surface area contributed by atoms with E-state index >= 15 is 0 Å². The van der Waals surface area contributed by atoms with Gasteiger partial charge in [0.05, 0.1) is 5.41 Å². The summed E-state index contributed by atoms with van der Waals surface area (Å²) in [5.74, 6) is -0.539. The first-order valence-corrected chi connectivity index (χ1v) is 10.6. The van der Waals surface area contributed by atoms with Crippen molar-refractivity contribution >= 4 is 17.5 Å². The Morgan fingerprint density at radius 2 is 1.80 bits per heavy atom. The summed E-state index contributed by atoms with van der Waals surface area (Å²) in [5, 5.41) is 3.09. The van der Waals surface area contributed by atoms with Gasteiger partial charge >= 0.3 is 0 Å². The van der Waals surface area contributed by atoms with Crippen molar-refractivity contribution in [3.63, 3.8) is 0 Å². The first-order valence-electron chi connectivity index (χ1n) is 10.6. The molecule has 2 aromatic rings. The summed E-state index contributed by atoms with van der Waals surface area (Å²) in [5.41, 5.74) is 7.62. The van der Waals surface area contributed by atoms with E-state index in [-0.39, 0.29) is 23.5 Å². The van der Waals surface area contributed by atoms with E-state index in [1.807, 2.05) is 18.2 Å². The van der Waals surface area contributed by atoms with Crippen molar-refractivity contribution in [1.82, 2.24) is 4.90 Å². The molecule has 2 amide bonds. The highest BCUT2D eigenvalue weighted by molar-refractivity contribution is 6.00. The summed E-state index contributed by atoms with van der Waals surface area (Å²) in [7, 11) is 0. The maximum absolute atomic E-state index is 13.3. The average molecular weight is 410 g/mol. The second kappa shape index (κ2) is 8.56. The topological polar surface area (TPSA) is 75.4 Å². The molecule has 1 saturated heterocycles. The fourth-order valence-electron chi connectivity index (χ4n) is 4.58. The van der Waals surface area contributed by atoms with E-state index in [2.05, 4.69) is 16.3 Å². The van der Waals surface area contributed by atoms with Crippen LogP contribution < -0.4 is 11.1 Å². The number of carbonyl (C=O) groups excluding carboxylic acids is 2. The van der Waals surface area contributed by atoms with Gasteiger partial charge in [0.1, 0.15) is 5.82 Å². The summed E-state index contributed by atoms with van der Waals surface area (Å²) in [6.07, 6.45) is 4.14.